The van der Waals surface area contributed by atoms with Gasteiger partial charge in [0.1, 0.15) is 0 Å². The number of rotatable bonds is 5. The van der Waals surface area contributed by atoms with Crippen molar-refractivity contribution in [2.24, 2.45) is 0 Å². The third-order valence-electron chi connectivity index (χ3n) is 3.52. The smallest absolute Gasteiger partial charge is 0.260 e. The van der Waals surface area contributed by atoms with Crippen LogP contribution in [0.4, 0.5) is 0 Å². The second kappa shape index (κ2) is 7.52. The first-order chi connectivity index (χ1) is 10.5. The second-order valence-corrected chi connectivity index (χ2v) is 5.75. The SMILES string of the molecule is CC(c1ccccc1)N(C)C(=O)COc1c(Cl)cccc1Cl. The maximum absolute atomic E-state index is 12.3. The zero-order valence-electron chi connectivity index (χ0n) is 12.4. The number of hydrogen-bond acceptors (Lipinski definition) is 2. The van der Waals surface area contributed by atoms with E-state index in [0.717, 1.165) is 5.56 Å². The molecule has 1 unspecified atom stereocenters. The van der Waals surface area contributed by atoms with E-state index in [1.807, 2.05) is 37.3 Å². The number of para-hydroxylation sites is 1. The van der Waals surface area contributed by atoms with Crippen LogP contribution in [0.1, 0.15) is 18.5 Å². The van der Waals surface area contributed by atoms with Gasteiger partial charge >= 0.3 is 0 Å². The number of halogens is 2. The van der Waals surface area contributed by atoms with Gasteiger partial charge in [-0.2, -0.15) is 0 Å². The molecule has 2 rings (SSSR count). The van der Waals surface area contributed by atoms with Crippen molar-refractivity contribution in [3.8, 4) is 5.75 Å². The van der Waals surface area contributed by atoms with Gasteiger partial charge in [-0.1, -0.05) is 59.6 Å². The summed E-state index contributed by atoms with van der Waals surface area (Å²) in [4.78, 5) is 13.9. The Morgan fingerprint density at radius 2 is 1.68 bits per heavy atom. The van der Waals surface area contributed by atoms with Gasteiger partial charge in [-0.25, -0.2) is 0 Å². The molecule has 0 aliphatic rings. The van der Waals surface area contributed by atoms with Crippen LogP contribution >= 0.6 is 23.2 Å². The molecule has 2 aromatic rings. The molecule has 0 spiro atoms. The monoisotopic (exact) mass is 337 g/mol. The average Bonchev–Trinajstić information content (AvgIpc) is 2.53. The van der Waals surface area contributed by atoms with E-state index in [1.54, 1.807) is 30.1 Å². The Morgan fingerprint density at radius 3 is 2.27 bits per heavy atom. The van der Waals surface area contributed by atoms with Crippen LogP contribution in [-0.2, 0) is 4.79 Å². The van der Waals surface area contributed by atoms with E-state index in [9.17, 15) is 4.79 Å². The molecule has 22 heavy (non-hydrogen) atoms. The third kappa shape index (κ3) is 3.93. The standard InChI is InChI=1S/C17H17Cl2NO2/c1-12(13-7-4-3-5-8-13)20(2)16(21)11-22-17-14(18)9-6-10-15(17)19/h3-10,12H,11H2,1-2H3. The first-order valence-corrected chi connectivity index (χ1v) is 7.63. The first-order valence-electron chi connectivity index (χ1n) is 6.88. The van der Waals surface area contributed by atoms with Gasteiger partial charge in [0, 0.05) is 7.05 Å². The molecule has 1 amide bonds. The first kappa shape index (κ1) is 16.7. The summed E-state index contributed by atoms with van der Waals surface area (Å²) in [5.41, 5.74) is 1.06. The number of nitrogens with zero attached hydrogens (tertiary/aromatic N) is 1. The van der Waals surface area contributed by atoms with Crippen molar-refractivity contribution in [3.63, 3.8) is 0 Å². The Kier molecular flexibility index (Phi) is 5.69. The number of likely N-dealkylation sites (N-methyl/N-ethyl adjacent to an activating group) is 1. The van der Waals surface area contributed by atoms with Gasteiger partial charge in [-0.15, -0.1) is 0 Å². The van der Waals surface area contributed by atoms with Crippen LogP contribution in [0.5, 0.6) is 5.75 Å². The highest BCUT2D eigenvalue weighted by atomic mass is 35.5. The highest BCUT2D eigenvalue weighted by molar-refractivity contribution is 6.37. The van der Waals surface area contributed by atoms with E-state index < -0.39 is 0 Å². The summed E-state index contributed by atoms with van der Waals surface area (Å²) in [5.74, 6) is 0.187. The molecule has 0 aliphatic carbocycles. The fourth-order valence-electron chi connectivity index (χ4n) is 2.03. The van der Waals surface area contributed by atoms with Crippen molar-refractivity contribution in [2.75, 3.05) is 13.7 Å². The van der Waals surface area contributed by atoms with E-state index in [4.69, 9.17) is 27.9 Å². The Bertz CT molecular complexity index is 626. The minimum absolute atomic E-state index is 0.0426. The number of carbonyl (C=O) groups is 1. The Balaban J connectivity index is 2.00. The summed E-state index contributed by atoms with van der Waals surface area (Å²) in [5, 5.41) is 0.776. The van der Waals surface area contributed by atoms with E-state index in [0.29, 0.717) is 15.8 Å². The lowest BCUT2D eigenvalue weighted by Gasteiger charge is -2.25. The molecule has 5 heteroatoms. The molecular weight excluding hydrogens is 321 g/mol. The zero-order chi connectivity index (χ0) is 16.1. The van der Waals surface area contributed by atoms with Gasteiger partial charge < -0.3 is 9.64 Å². The van der Waals surface area contributed by atoms with Crippen LogP contribution in [0.15, 0.2) is 48.5 Å². The molecule has 3 nitrogen and oxygen atoms in total. The lowest BCUT2D eigenvalue weighted by atomic mass is 10.1. The average molecular weight is 338 g/mol. The molecule has 0 N–H and O–H groups in total. The lowest BCUT2D eigenvalue weighted by Crippen LogP contribution is -2.33. The van der Waals surface area contributed by atoms with Crippen LogP contribution in [0, 0.1) is 0 Å². The van der Waals surface area contributed by atoms with Crippen molar-refractivity contribution in [1.82, 2.24) is 4.90 Å². The van der Waals surface area contributed by atoms with Crippen LogP contribution in [0.2, 0.25) is 10.0 Å². The van der Waals surface area contributed by atoms with Gasteiger partial charge in [0.25, 0.3) is 5.91 Å². The Labute approximate surface area is 140 Å². The molecule has 0 aliphatic heterocycles. The maximum Gasteiger partial charge on any atom is 0.260 e. The molecule has 0 bridgehead atoms. The van der Waals surface area contributed by atoms with Gasteiger partial charge in [0.2, 0.25) is 0 Å². The van der Waals surface area contributed by atoms with Crippen LogP contribution in [0.3, 0.4) is 0 Å². The van der Waals surface area contributed by atoms with Crippen molar-refractivity contribution < 1.29 is 9.53 Å². The van der Waals surface area contributed by atoms with Crippen molar-refractivity contribution in [3.05, 3.63) is 64.1 Å². The van der Waals surface area contributed by atoms with E-state index in [-0.39, 0.29) is 18.6 Å². The summed E-state index contributed by atoms with van der Waals surface area (Å²) in [6, 6.07) is 14.8. The van der Waals surface area contributed by atoms with Crippen LogP contribution in [0.25, 0.3) is 0 Å². The van der Waals surface area contributed by atoms with Crippen molar-refractivity contribution in [2.45, 2.75) is 13.0 Å². The molecule has 0 heterocycles. The van der Waals surface area contributed by atoms with Gasteiger partial charge in [0.15, 0.2) is 12.4 Å². The molecule has 116 valence electrons. The second-order valence-electron chi connectivity index (χ2n) is 4.93. The fraction of sp³-hybridized carbons (Fsp3) is 0.235. The van der Waals surface area contributed by atoms with Crippen LogP contribution < -0.4 is 4.74 Å². The predicted molar refractivity (Wildman–Crippen MR) is 89.6 cm³/mol. The van der Waals surface area contributed by atoms with Crippen LogP contribution in [-0.4, -0.2) is 24.5 Å². The summed E-state index contributed by atoms with van der Waals surface area (Å²) < 4.78 is 5.48. The number of benzene rings is 2. The molecule has 0 radical (unpaired) electrons. The van der Waals surface area contributed by atoms with Crippen molar-refractivity contribution in [1.29, 1.82) is 0 Å². The molecule has 0 saturated carbocycles. The largest absolute Gasteiger partial charge is 0.481 e. The van der Waals surface area contributed by atoms with Gasteiger partial charge in [-0.05, 0) is 24.6 Å². The quantitative estimate of drug-likeness (QED) is 0.798. The molecule has 0 fully saturated rings. The Hall–Kier alpha value is -1.71. The van der Waals surface area contributed by atoms with E-state index >= 15 is 0 Å². The number of carbonyl (C=O) groups excluding carboxylic acids is 1. The third-order valence-corrected chi connectivity index (χ3v) is 4.11. The normalized spacial score (nSPS) is 11.8. The van der Waals surface area contributed by atoms with Crippen molar-refractivity contribution >= 4 is 29.1 Å². The summed E-state index contributed by atoms with van der Waals surface area (Å²) in [7, 11) is 1.75. The summed E-state index contributed by atoms with van der Waals surface area (Å²) in [6.07, 6.45) is 0. The zero-order valence-corrected chi connectivity index (χ0v) is 13.9. The maximum atomic E-state index is 12.3. The Morgan fingerprint density at radius 1 is 1.09 bits per heavy atom. The lowest BCUT2D eigenvalue weighted by molar-refractivity contribution is -0.134. The summed E-state index contributed by atoms with van der Waals surface area (Å²) in [6.45, 7) is 1.85. The highest BCUT2D eigenvalue weighted by Crippen LogP contribution is 2.32. The number of hydrogen-bond donors (Lipinski definition) is 0. The molecule has 0 saturated heterocycles. The van der Waals surface area contributed by atoms with E-state index in [1.165, 1.54) is 0 Å². The number of amides is 1. The van der Waals surface area contributed by atoms with Gasteiger partial charge in [0.05, 0.1) is 16.1 Å². The fourth-order valence-corrected chi connectivity index (χ4v) is 2.53. The predicted octanol–water partition coefficient (Wildman–Crippen LogP) is 4.59. The topological polar surface area (TPSA) is 29.5 Å². The van der Waals surface area contributed by atoms with Gasteiger partial charge in [-0.3, -0.25) is 4.79 Å². The molecular formula is C17H17Cl2NO2. The molecule has 0 aromatic heterocycles. The number of ether oxygens (including phenoxy) is 1. The minimum Gasteiger partial charge on any atom is -0.481 e. The highest BCUT2D eigenvalue weighted by Gasteiger charge is 2.18. The molecule has 2 aromatic carbocycles. The summed E-state index contributed by atoms with van der Waals surface area (Å²) >= 11 is 12.0. The minimum atomic E-state index is -0.146. The van der Waals surface area contributed by atoms with E-state index in [2.05, 4.69) is 0 Å². The molecule has 1 atom stereocenters.